The number of nitrogens with zero attached hydrogens (tertiary/aromatic N) is 2. The van der Waals surface area contributed by atoms with Crippen molar-refractivity contribution in [2.75, 3.05) is 11.6 Å². The van der Waals surface area contributed by atoms with Gasteiger partial charge in [0.25, 0.3) is 15.9 Å². The Bertz CT molecular complexity index is 1870. The van der Waals surface area contributed by atoms with Crippen molar-refractivity contribution in [2.24, 2.45) is 57.7 Å². The number of carbonyl (C=O) groups excluding carboxylic acids is 1. The molecule has 2 N–H and O–H groups in total. The number of sulfonamides is 1. The summed E-state index contributed by atoms with van der Waals surface area (Å²) in [6.45, 7) is 0.217. The molecular formula is C29H26FN3O6S2. The minimum atomic E-state index is -4.31. The molecule has 1 amide bonds. The van der Waals surface area contributed by atoms with Crippen LogP contribution in [-0.4, -0.2) is 50.9 Å². The summed E-state index contributed by atoms with van der Waals surface area (Å²) >= 11 is 0. The molecule has 0 spiro atoms. The highest BCUT2D eigenvalue weighted by Gasteiger charge is 2.92. The van der Waals surface area contributed by atoms with E-state index in [0.29, 0.717) is 35.2 Å². The maximum absolute atomic E-state index is 14.2. The van der Waals surface area contributed by atoms with Gasteiger partial charge in [-0.3, -0.25) is 4.79 Å². The van der Waals surface area contributed by atoms with Gasteiger partial charge in [-0.25, -0.2) is 12.8 Å². The zero-order valence-corrected chi connectivity index (χ0v) is 23.4. The lowest BCUT2D eigenvalue weighted by Crippen LogP contribution is -2.94. The zero-order valence-electron chi connectivity index (χ0n) is 21.8. The topological polar surface area (TPSA) is 133 Å². The van der Waals surface area contributed by atoms with E-state index in [-0.39, 0.29) is 63.7 Å². The molecule has 2 aromatic carbocycles. The Labute approximate surface area is 236 Å². The van der Waals surface area contributed by atoms with E-state index in [0.717, 1.165) is 23.7 Å². The summed E-state index contributed by atoms with van der Waals surface area (Å²) in [6.07, 6.45) is 1.07. The molecule has 2 heterocycles. The summed E-state index contributed by atoms with van der Waals surface area (Å²) in [5.41, 5.74) is 1.07. The summed E-state index contributed by atoms with van der Waals surface area (Å²) in [4.78, 5) is 15.8. The van der Waals surface area contributed by atoms with Crippen LogP contribution in [0.1, 0.15) is 11.1 Å². The quantitative estimate of drug-likeness (QED) is 0.543. The van der Waals surface area contributed by atoms with Gasteiger partial charge in [-0.15, -0.1) is 4.40 Å². The van der Waals surface area contributed by atoms with E-state index in [4.69, 9.17) is 0 Å². The summed E-state index contributed by atoms with van der Waals surface area (Å²) in [6, 6.07) is 10.1. The fourth-order valence-electron chi connectivity index (χ4n) is 10.1. The van der Waals surface area contributed by atoms with Crippen LogP contribution >= 0.6 is 0 Å². The molecule has 6 fully saturated rings. The van der Waals surface area contributed by atoms with Crippen molar-refractivity contribution in [2.45, 2.75) is 23.2 Å². The number of amides is 1. The van der Waals surface area contributed by atoms with E-state index in [1.807, 2.05) is 0 Å². The fourth-order valence-corrected chi connectivity index (χ4v) is 12.1. The molecule has 10 rings (SSSR count). The van der Waals surface area contributed by atoms with Crippen LogP contribution in [0.15, 0.2) is 63.1 Å². The molecule has 2 aliphatic heterocycles. The minimum Gasteiger partial charge on any atom is -0.511 e. The predicted octanol–water partition coefficient (Wildman–Crippen LogP) is 2.72. The Balaban J connectivity index is 1.14. The third kappa shape index (κ3) is 2.90. The lowest BCUT2D eigenvalue weighted by Gasteiger charge is -2.95. The molecule has 41 heavy (non-hydrogen) atoms. The highest BCUT2D eigenvalue weighted by atomic mass is 32.2. The van der Waals surface area contributed by atoms with Crippen molar-refractivity contribution in [1.29, 1.82) is 0 Å². The number of benzene rings is 2. The number of sulfone groups is 1. The number of hydrogen-bond acceptors (Lipinski definition) is 7. The van der Waals surface area contributed by atoms with Gasteiger partial charge in [0, 0.05) is 24.8 Å². The molecule has 6 atom stereocenters. The van der Waals surface area contributed by atoms with Crippen molar-refractivity contribution in [3.63, 3.8) is 0 Å². The lowest BCUT2D eigenvalue weighted by atomic mass is 9.10. The van der Waals surface area contributed by atoms with Crippen molar-refractivity contribution in [1.82, 2.24) is 4.90 Å². The number of halogens is 1. The van der Waals surface area contributed by atoms with Gasteiger partial charge in [0.05, 0.1) is 11.4 Å². The average Bonchev–Trinajstić information content (AvgIpc) is 2.87. The molecule has 212 valence electrons. The Morgan fingerprint density at radius 1 is 0.951 bits per heavy atom. The molecule has 8 aliphatic rings. The number of aliphatic hydroxyl groups is 1. The number of nitrogens with one attached hydrogen (secondary N) is 1. The molecule has 9 nitrogen and oxygen atoms in total. The lowest BCUT2D eigenvalue weighted by molar-refractivity contribution is -0.481. The molecule has 6 aliphatic carbocycles. The summed E-state index contributed by atoms with van der Waals surface area (Å²) in [7, 11) is -7.71. The van der Waals surface area contributed by atoms with E-state index < -0.39 is 25.8 Å². The van der Waals surface area contributed by atoms with E-state index in [1.54, 1.807) is 17.0 Å². The van der Waals surface area contributed by atoms with Crippen molar-refractivity contribution >= 4 is 37.3 Å². The molecule has 0 saturated heterocycles. The van der Waals surface area contributed by atoms with Crippen LogP contribution in [0.3, 0.4) is 0 Å². The normalized spacial score (nSPS) is 39.6. The standard InChI is InChI=1S/C29H26FN3O6S2/c1-40(36,37)10-12-4-7-14-15(8-12)41(38,39)32-28(31-14)25-27(34)24-22-18-16-17-20(18)23(21(17)19(16)22)26(24)33(29(25)35)9-11-2-5-13(30)6-3-11/h2-8,16-24,26,34H,9-10H2,1H3,(H,31,32). The van der Waals surface area contributed by atoms with E-state index in [2.05, 4.69) is 9.71 Å². The zero-order chi connectivity index (χ0) is 28.3. The van der Waals surface area contributed by atoms with E-state index in [1.165, 1.54) is 30.3 Å². The summed E-state index contributed by atoms with van der Waals surface area (Å²) in [5.74, 6) is 2.59. The number of aliphatic hydroxyl groups excluding tert-OH is 1. The van der Waals surface area contributed by atoms with Crippen LogP contribution in [-0.2, 0) is 37.0 Å². The Morgan fingerprint density at radius 3 is 2.22 bits per heavy atom. The number of fused-ring (bicyclic) bond motifs is 1. The third-order valence-electron chi connectivity index (χ3n) is 11.2. The number of rotatable bonds is 5. The largest absolute Gasteiger partial charge is 0.511 e. The van der Waals surface area contributed by atoms with Crippen molar-refractivity contribution < 1.29 is 31.1 Å². The second-order valence-corrected chi connectivity index (χ2v) is 16.6. The molecule has 12 heteroatoms. The van der Waals surface area contributed by atoms with Crippen LogP contribution in [0.5, 0.6) is 0 Å². The molecule has 2 bridgehead atoms. The van der Waals surface area contributed by atoms with Gasteiger partial charge in [0.1, 0.15) is 22.0 Å². The maximum Gasteiger partial charge on any atom is 0.286 e. The monoisotopic (exact) mass is 595 g/mol. The molecule has 6 unspecified atom stereocenters. The van der Waals surface area contributed by atoms with E-state index >= 15 is 0 Å². The minimum absolute atomic E-state index is 0.0883. The second-order valence-electron chi connectivity index (χ2n) is 12.9. The van der Waals surface area contributed by atoms with Gasteiger partial charge >= 0.3 is 0 Å². The number of anilines is 1. The molecular weight excluding hydrogens is 569 g/mol. The van der Waals surface area contributed by atoms with Crippen LogP contribution in [0.25, 0.3) is 0 Å². The number of amidine groups is 1. The first-order chi connectivity index (χ1) is 19.4. The van der Waals surface area contributed by atoms with Gasteiger partial charge in [-0.05, 0) is 82.7 Å². The smallest absolute Gasteiger partial charge is 0.286 e. The molecule has 6 saturated carbocycles. The highest BCUT2D eigenvalue weighted by molar-refractivity contribution is 7.90. The Kier molecular flexibility index (Phi) is 4.39. The second kappa shape index (κ2) is 7.38. The Morgan fingerprint density at radius 2 is 1.56 bits per heavy atom. The molecule has 2 aromatic rings. The summed E-state index contributed by atoms with van der Waals surface area (Å²) in [5, 5.41) is 14.7. The first kappa shape index (κ1) is 24.4. The summed E-state index contributed by atoms with van der Waals surface area (Å²) < 4.78 is 67.8. The first-order valence-corrected chi connectivity index (χ1v) is 17.4. The average molecular weight is 596 g/mol. The number of carbonyl (C=O) groups is 1. The van der Waals surface area contributed by atoms with Gasteiger partial charge in [0.15, 0.2) is 15.7 Å². The SMILES string of the molecule is CS(=O)(=O)Cc1ccc2c(c1)S(=O)(=O)N=C(C1=C(O)C3C4C5C6C4C4C6C5C4C3N(Cc3ccc(F)cc3)C1=O)N2. The van der Waals surface area contributed by atoms with Crippen LogP contribution in [0.4, 0.5) is 10.1 Å². The Hall–Kier alpha value is -3.25. The van der Waals surface area contributed by atoms with E-state index in [9.17, 15) is 31.1 Å². The molecule has 0 aromatic heterocycles. The van der Waals surface area contributed by atoms with Crippen molar-refractivity contribution in [3.05, 3.63) is 70.7 Å². The number of hydrogen-bond donors (Lipinski definition) is 2. The van der Waals surface area contributed by atoms with Gasteiger partial charge < -0.3 is 15.3 Å². The highest BCUT2D eigenvalue weighted by Crippen LogP contribution is 2.93. The van der Waals surface area contributed by atoms with Gasteiger partial charge in [-0.1, -0.05) is 18.2 Å². The predicted molar refractivity (Wildman–Crippen MR) is 145 cm³/mol. The first-order valence-electron chi connectivity index (χ1n) is 13.9. The van der Waals surface area contributed by atoms with Crippen molar-refractivity contribution in [3.8, 4) is 0 Å². The van der Waals surface area contributed by atoms with Crippen LogP contribution in [0.2, 0.25) is 0 Å². The third-order valence-corrected chi connectivity index (χ3v) is 13.4. The van der Waals surface area contributed by atoms with Gasteiger partial charge in [0.2, 0.25) is 0 Å². The molecule has 0 radical (unpaired) electrons. The van der Waals surface area contributed by atoms with Gasteiger partial charge in [-0.2, -0.15) is 8.42 Å². The van der Waals surface area contributed by atoms with Crippen LogP contribution < -0.4 is 5.32 Å². The fraction of sp³-hybridized carbons (Fsp3) is 0.448. The van der Waals surface area contributed by atoms with Crippen LogP contribution in [0, 0.1) is 59.1 Å². The maximum atomic E-state index is 14.2.